The summed E-state index contributed by atoms with van der Waals surface area (Å²) >= 11 is 3.53. The molecule has 0 spiro atoms. The number of pyridine rings is 1. The molecule has 3 nitrogen and oxygen atoms in total. The highest BCUT2D eigenvalue weighted by molar-refractivity contribution is 9.10. The van der Waals surface area contributed by atoms with Crippen LogP contribution in [0.1, 0.15) is 11.1 Å². The molecule has 0 aliphatic rings. The van der Waals surface area contributed by atoms with Gasteiger partial charge in [0.15, 0.2) is 0 Å². The number of nitrogens with one attached hydrogen (secondary N) is 1. The van der Waals surface area contributed by atoms with Crippen molar-refractivity contribution < 1.29 is 0 Å². The predicted octanol–water partition coefficient (Wildman–Crippen LogP) is 4.94. The van der Waals surface area contributed by atoms with Crippen LogP contribution < -0.4 is 11.1 Å². The van der Waals surface area contributed by atoms with Gasteiger partial charge in [0.05, 0.1) is 5.52 Å². The maximum atomic E-state index is 5.83. The highest BCUT2D eigenvalue weighted by Crippen LogP contribution is 2.31. The van der Waals surface area contributed by atoms with E-state index in [0.29, 0.717) is 0 Å². The van der Waals surface area contributed by atoms with Crippen molar-refractivity contribution in [2.75, 3.05) is 11.1 Å². The Kier molecular flexibility index (Phi) is 3.55. The fourth-order valence-electron chi connectivity index (χ4n) is 2.52. The molecule has 106 valence electrons. The van der Waals surface area contributed by atoms with Gasteiger partial charge in [0.2, 0.25) is 0 Å². The molecule has 0 bridgehead atoms. The maximum Gasteiger partial charge on any atom is 0.0743 e. The van der Waals surface area contributed by atoms with Gasteiger partial charge in [0.25, 0.3) is 0 Å². The van der Waals surface area contributed by atoms with Crippen molar-refractivity contribution in [3.05, 3.63) is 58.2 Å². The number of halogens is 1. The van der Waals surface area contributed by atoms with Gasteiger partial charge in [0.1, 0.15) is 0 Å². The van der Waals surface area contributed by atoms with Gasteiger partial charge in [0, 0.05) is 33.1 Å². The lowest BCUT2D eigenvalue weighted by Crippen LogP contribution is -1.98. The van der Waals surface area contributed by atoms with E-state index in [-0.39, 0.29) is 0 Å². The predicted molar refractivity (Wildman–Crippen MR) is 93.1 cm³/mol. The van der Waals surface area contributed by atoms with Crippen molar-refractivity contribution in [1.29, 1.82) is 0 Å². The van der Waals surface area contributed by atoms with Crippen molar-refractivity contribution in [3.63, 3.8) is 0 Å². The average molecular weight is 342 g/mol. The van der Waals surface area contributed by atoms with Gasteiger partial charge in [-0.05, 0) is 61.4 Å². The number of hydrogen-bond donors (Lipinski definition) is 2. The summed E-state index contributed by atoms with van der Waals surface area (Å²) in [7, 11) is 0. The fraction of sp³-hybridized carbons (Fsp3) is 0.118. The normalized spacial score (nSPS) is 10.8. The zero-order chi connectivity index (χ0) is 15.0. The number of fused-ring (bicyclic) bond motifs is 1. The van der Waals surface area contributed by atoms with Crippen molar-refractivity contribution in [2.45, 2.75) is 13.8 Å². The molecular formula is C17H16BrN3. The number of anilines is 3. The molecule has 0 saturated carbocycles. The quantitative estimate of drug-likeness (QED) is 0.649. The van der Waals surface area contributed by atoms with Crippen LogP contribution in [0.4, 0.5) is 17.1 Å². The smallest absolute Gasteiger partial charge is 0.0743 e. The van der Waals surface area contributed by atoms with Crippen LogP contribution in [0.3, 0.4) is 0 Å². The van der Waals surface area contributed by atoms with Gasteiger partial charge >= 0.3 is 0 Å². The second-order valence-electron chi connectivity index (χ2n) is 5.17. The van der Waals surface area contributed by atoms with Gasteiger partial charge in [-0.1, -0.05) is 15.9 Å². The molecule has 1 aromatic heterocycles. The number of rotatable bonds is 2. The first kappa shape index (κ1) is 13.9. The summed E-state index contributed by atoms with van der Waals surface area (Å²) in [5, 5.41) is 4.59. The minimum absolute atomic E-state index is 0.725. The first-order chi connectivity index (χ1) is 10.0. The Morgan fingerprint density at radius 2 is 1.76 bits per heavy atom. The van der Waals surface area contributed by atoms with Crippen molar-refractivity contribution in [3.8, 4) is 0 Å². The average Bonchev–Trinajstić information content (AvgIpc) is 2.42. The van der Waals surface area contributed by atoms with E-state index in [1.165, 1.54) is 11.1 Å². The zero-order valence-corrected chi connectivity index (χ0v) is 13.5. The van der Waals surface area contributed by atoms with E-state index in [4.69, 9.17) is 5.73 Å². The Hall–Kier alpha value is -2.07. The molecule has 0 atom stereocenters. The van der Waals surface area contributed by atoms with Gasteiger partial charge in [-0.15, -0.1) is 0 Å². The summed E-state index contributed by atoms with van der Waals surface area (Å²) in [4.78, 5) is 4.38. The van der Waals surface area contributed by atoms with Gasteiger partial charge in [-0.2, -0.15) is 0 Å². The van der Waals surface area contributed by atoms with Crippen LogP contribution in [0.25, 0.3) is 10.9 Å². The van der Waals surface area contributed by atoms with Crippen LogP contribution in [0.2, 0.25) is 0 Å². The lowest BCUT2D eigenvalue weighted by atomic mass is 10.1. The molecule has 0 fully saturated rings. The third-order valence-corrected chi connectivity index (χ3v) is 3.98. The molecule has 3 aromatic rings. The van der Waals surface area contributed by atoms with Crippen LogP contribution in [0, 0.1) is 13.8 Å². The molecule has 0 saturated heterocycles. The number of aryl methyl sites for hydroxylation is 2. The summed E-state index contributed by atoms with van der Waals surface area (Å²) in [5.41, 5.74) is 12.0. The van der Waals surface area contributed by atoms with Crippen LogP contribution in [0.15, 0.2) is 47.1 Å². The standard InChI is InChI=1S/C17H16BrN3/c1-10-7-12(18)8-11(2)17(10)21-15-5-6-20-16-9-13(19)3-4-14(15)16/h3-9H,19H2,1-2H3,(H,20,21). The van der Waals surface area contributed by atoms with Crippen LogP contribution >= 0.6 is 15.9 Å². The van der Waals surface area contributed by atoms with E-state index in [1.807, 2.05) is 24.3 Å². The summed E-state index contributed by atoms with van der Waals surface area (Å²) in [5.74, 6) is 0. The number of nitrogens with zero attached hydrogens (tertiary/aromatic N) is 1. The summed E-state index contributed by atoms with van der Waals surface area (Å²) in [6.07, 6.45) is 1.80. The van der Waals surface area contributed by atoms with Crippen molar-refractivity contribution in [1.82, 2.24) is 4.98 Å². The largest absolute Gasteiger partial charge is 0.399 e. The second kappa shape index (κ2) is 5.37. The fourth-order valence-corrected chi connectivity index (χ4v) is 3.20. The highest BCUT2D eigenvalue weighted by atomic mass is 79.9. The minimum atomic E-state index is 0.725. The van der Waals surface area contributed by atoms with Crippen LogP contribution in [-0.2, 0) is 0 Å². The number of benzene rings is 2. The molecule has 0 aliphatic carbocycles. The first-order valence-electron chi connectivity index (χ1n) is 6.72. The number of nitrogen functional groups attached to an aromatic ring is 1. The molecule has 21 heavy (non-hydrogen) atoms. The molecule has 1 heterocycles. The maximum absolute atomic E-state index is 5.83. The van der Waals surface area contributed by atoms with E-state index in [2.05, 4.69) is 52.2 Å². The van der Waals surface area contributed by atoms with E-state index in [9.17, 15) is 0 Å². The van der Waals surface area contributed by atoms with Crippen molar-refractivity contribution in [2.24, 2.45) is 0 Å². The minimum Gasteiger partial charge on any atom is -0.399 e. The van der Waals surface area contributed by atoms with E-state index in [0.717, 1.165) is 32.4 Å². The summed E-state index contributed by atoms with van der Waals surface area (Å²) in [6, 6.07) is 12.0. The Labute approximate surface area is 132 Å². The Morgan fingerprint density at radius 3 is 2.48 bits per heavy atom. The lowest BCUT2D eigenvalue weighted by molar-refractivity contribution is 1.34. The topological polar surface area (TPSA) is 50.9 Å². The van der Waals surface area contributed by atoms with Crippen LogP contribution in [-0.4, -0.2) is 4.98 Å². The number of hydrogen-bond acceptors (Lipinski definition) is 3. The zero-order valence-electron chi connectivity index (χ0n) is 11.9. The molecule has 0 radical (unpaired) electrons. The Bertz CT molecular complexity index is 804. The van der Waals surface area contributed by atoms with Gasteiger partial charge in [-0.25, -0.2) is 0 Å². The molecule has 0 aliphatic heterocycles. The van der Waals surface area contributed by atoms with Crippen molar-refractivity contribution >= 4 is 43.9 Å². The molecule has 0 unspecified atom stereocenters. The first-order valence-corrected chi connectivity index (χ1v) is 7.52. The molecule has 3 rings (SSSR count). The van der Waals surface area contributed by atoms with Crippen LogP contribution in [0.5, 0.6) is 0 Å². The SMILES string of the molecule is Cc1cc(Br)cc(C)c1Nc1ccnc2cc(N)ccc12. The lowest BCUT2D eigenvalue weighted by Gasteiger charge is -2.15. The molecule has 2 aromatic carbocycles. The van der Waals surface area contributed by atoms with E-state index in [1.54, 1.807) is 6.20 Å². The third kappa shape index (κ3) is 2.72. The highest BCUT2D eigenvalue weighted by Gasteiger charge is 2.07. The molecule has 0 amide bonds. The molecular weight excluding hydrogens is 326 g/mol. The van der Waals surface area contributed by atoms with E-state index >= 15 is 0 Å². The summed E-state index contributed by atoms with van der Waals surface area (Å²) in [6.45, 7) is 4.20. The van der Waals surface area contributed by atoms with E-state index < -0.39 is 0 Å². The summed E-state index contributed by atoms with van der Waals surface area (Å²) < 4.78 is 1.09. The third-order valence-electron chi connectivity index (χ3n) is 3.52. The number of nitrogens with two attached hydrogens (primary N) is 1. The Morgan fingerprint density at radius 1 is 1.05 bits per heavy atom. The number of aromatic nitrogens is 1. The second-order valence-corrected chi connectivity index (χ2v) is 6.09. The van der Waals surface area contributed by atoms with Gasteiger partial charge < -0.3 is 11.1 Å². The van der Waals surface area contributed by atoms with Gasteiger partial charge in [-0.3, -0.25) is 4.98 Å². The molecule has 4 heteroatoms. The monoisotopic (exact) mass is 341 g/mol. The Balaban J connectivity index is 2.11. The molecule has 3 N–H and O–H groups in total.